The van der Waals surface area contributed by atoms with Crippen LogP contribution in [0.15, 0.2) is 72.9 Å². The van der Waals surface area contributed by atoms with Gasteiger partial charge in [0.2, 0.25) is 5.91 Å². The summed E-state index contributed by atoms with van der Waals surface area (Å²) in [6.07, 6.45) is 70.0. The molecule has 3 N–H and O–H groups in total. The molecule has 0 aromatic rings. The Balaban J connectivity index is 4.71. The number of aliphatic hydroxyl groups is 2. The molecule has 0 saturated heterocycles. The van der Waals surface area contributed by atoms with E-state index in [1.54, 1.807) is 0 Å². The zero-order chi connectivity index (χ0) is 48.8. The van der Waals surface area contributed by atoms with E-state index in [4.69, 9.17) is 4.74 Å². The molecular formula is C61H109NO5. The van der Waals surface area contributed by atoms with E-state index in [0.29, 0.717) is 19.3 Å². The van der Waals surface area contributed by atoms with Crippen LogP contribution in [0.2, 0.25) is 0 Å². The van der Waals surface area contributed by atoms with E-state index in [0.717, 1.165) is 70.6 Å². The number of hydrogen-bond donors (Lipinski definition) is 3. The Kier molecular flexibility index (Phi) is 52.1. The van der Waals surface area contributed by atoms with Gasteiger partial charge in [0.1, 0.15) is 6.10 Å². The zero-order valence-corrected chi connectivity index (χ0v) is 44.3. The third-order valence-electron chi connectivity index (χ3n) is 12.8. The van der Waals surface area contributed by atoms with Gasteiger partial charge in [-0.3, -0.25) is 9.59 Å². The van der Waals surface area contributed by atoms with E-state index in [1.165, 1.54) is 161 Å². The van der Waals surface area contributed by atoms with Gasteiger partial charge in [0.15, 0.2) is 0 Å². The Morgan fingerprint density at radius 1 is 0.448 bits per heavy atom. The average Bonchev–Trinajstić information content (AvgIpc) is 3.32. The molecule has 6 nitrogen and oxygen atoms in total. The molecule has 0 aliphatic heterocycles. The Morgan fingerprint density at radius 3 is 1.13 bits per heavy atom. The smallest absolute Gasteiger partial charge is 0.306 e. The second kappa shape index (κ2) is 54.2. The van der Waals surface area contributed by atoms with Crippen LogP contribution in [0.5, 0.6) is 0 Å². The number of esters is 1. The summed E-state index contributed by atoms with van der Waals surface area (Å²) >= 11 is 0. The van der Waals surface area contributed by atoms with Crippen molar-refractivity contribution in [2.75, 3.05) is 6.61 Å². The minimum atomic E-state index is -0.821. The van der Waals surface area contributed by atoms with E-state index in [-0.39, 0.29) is 24.9 Å². The van der Waals surface area contributed by atoms with Crippen LogP contribution in [0.25, 0.3) is 0 Å². The molecule has 0 saturated carbocycles. The fourth-order valence-corrected chi connectivity index (χ4v) is 8.49. The number of ether oxygens (including phenoxy) is 1. The van der Waals surface area contributed by atoms with E-state index in [1.807, 2.05) is 12.2 Å². The molecule has 3 unspecified atom stereocenters. The molecule has 0 fully saturated rings. The fraction of sp³-hybridized carbons (Fsp3) is 0.770. The molecule has 67 heavy (non-hydrogen) atoms. The second-order valence-electron chi connectivity index (χ2n) is 19.3. The monoisotopic (exact) mass is 936 g/mol. The van der Waals surface area contributed by atoms with E-state index < -0.39 is 18.2 Å². The highest BCUT2D eigenvalue weighted by atomic mass is 16.5. The van der Waals surface area contributed by atoms with Gasteiger partial charge in [0.05, 0.1) is 25.2 Å². The van der Waals surface area contributed by atoms with Crippen molar-refractivity contribution < 1.29 is 24.5 Å². The number of aliphatic hydroxyl groups excluding tert-OH is 2. The van der Waals surface area contributed by atoms with Gasteiger partial charge in [-0.15, -0.1) is 0 Å². The Bertz CT molecular complexity index is 1230. The number of amides is 1. The highest BCUT2D eigenvalue weighted by molar-refractivity contribution is 5.78. The standard InChI is InChI=1S/C61H109NO5/c1-4-7-10-13-16-19-22-25-28-30-32-34-37-40-43-46-49-52-57(67-61(66)54-51-48-45-42-39-36-33-31-29-26-23-20-17-14-11-8-5-2)55-60(65)62-58(56-63)59(64)53-50-47-44-41-38-35-27-24-21-18-15-12-9-6-3/h7,10,16,19,25,28,32,34,40,43,49,52,57-59,63-64H,4-6,8-9,11-15,17-18,20-24,26-27,29-31,33,35-39,41-42,44-48,50-51,53-56H2,1-3H3,(H,62,65)/b10-7-,19-16-,28-25-,34-32-,43-40-,52-49-. The van der Waals surface area contributed by atoms with Gasteiger partial charge in [-0.1, -0.05) is 280 Å². The first-order valence-electron chi connectivity index (χ1n) is 28.7. The number of unbranched alkanes of at least 4 members (excludes halogenated alkanes) is 29. The SMILES string of the molecule is CC/C=C\C/C=C\C/C=C\C/C=C\C/C=C\C/C=C\C(CC(=O)NC(CO)C(O)CCCCCCCCCCCCCCCC)OC(=O)CCCCCCCCCCCCCCCCCCC. The number of nitrogens with one attached hydrogen (secondary N) is 1. The first-order chi connectivity index (χ1) is 33.0. The summed E-state index contributed by atoms with van der Waals surface area (Å²) < 4.78 is 5.85. The molecule has 0 rings (SSSR count). The van der Waals surface area contributed by atoms with Crippen molar-refractivity contribution >= 4 is 11.9 Å². The van der Waals surface area contributed by atoms with E-state index >= 15 is 0 Å². The molecule has 0 aliphatic rings. The van der Waals surface area contributed by atoms with Crippen molar-refractivity contribution in [3.8, 4) is 0 Å². The lowest BCUT2D eigenvalue weighted by molar-refractivity contribution is -0.148. The summed E-state index contributed by atoms with van der Waals surface area (Å²) in [5.74, 6) is -0.621. The molecule has 0 aromatic carbocycles. The molecule has 388 valence electrons. The van der Waals surface area contributed by atoms with Crippen molar-refractivity contribution in [1.82, 2.24) is 5.32 Å². The number of carbonyl (C=O) groups is 2. The number of carbonyl (C=O) groups excluding carboxylic acids is 2. The molecule has 0 bridgehead atoms. The lowest BCUT2D eigenvalue weighted by atomic mass is 10.0. The first kappa shape index (κ1) is 64.3. The summed E-state index contributed by atoms with van der Waals surface area (Å²) in [4.78, 5) is 26.2. The van der Waals surface area contributed by atoms with Gasteiger partial charge in [-0.25, -0.2) is 0 Å². The number of allylic oxidation sites excluding steroid dienone is 11. The summed E-state index contributed by atoms with van der Waals surface area (Å²) in [7, 11) is 0. The van der Waals surface area contributed by atoms with Crippen LogP contribution in [-0.2, 0) is 14.3 Å². The molecular weight excluding hydrogens is 827 g/mol. The van der Waals surface area contributed by atoms with Gasteiger partial charge in [-0.05, 0) is 57.4 Å². The maximum Gasteiger partial charge on any atom is 0.306 e. The van der Waals surface area contributed by atoms with Gasteiger partial charge in [0, 0.05) is 6.42 Å². The summed E-state index contributed by atoms with van der Waals surface area (Å²) in [6.45, 7) is 6.36. The predicted octanol–water partition coefficient (Wildman–Crippen LogP) is 17.7. The van der Waals surface area contributed by atoms with Crippen molar-refractivity contribution in [2.24, 2.45) is 0 Å². The average molecular weight is 937 g/mol. The molecule has 0 aromatic heterocycles. The zero-order valence-electron chi connectivity index (χ0n) is 44.3. The highest BCUT2D eigenvalue weighted by Gasteiger charge is 2.23. The maximum atomic E-state index is 13.2. The minimum Gasteiger partial charge on any atom is -0.458 e. The van der Waals surface area contributed by atoms with Crippen LogP contribution in [0.4, 0.5) is 0 Å². The Hall–Kier alpha value is -2.70. The van der Waals surface area contributed by atoms with E-state index in [9.17, 15) is 19.8 Å². The number of hydrogen-bond acceptors (Lipinski definition) is 5. The van der Waals surface area contributed by atoms with Gasteiger partial charge < -0.3 is 20.3 Å². The molecule has 0 spiro atoms. The summed E-state index contributed by atoms with van der Waals surface area (Å²) in [5.41, 5.74) is 0. The van der Waals surface area contributed by atoms with Crippen LogP contribution in [0.1, 0.15) is 278 Å². The number of rotatable bonds is 51. The Morgan fingerprint density at radius 2 is 0.776 bits per heavy atom. The van der Waals surface area contributed by atoms with E-state index in [2.05, 4.69) is 86.8 Å². The third kappa shape index (κ3) is 49.5. The second-order valence-corrected chi connectivity index (χ2v) is 19.3. The summed E-state index contributed by atoms with van der Waals surface area (Å²) in [5, 5.41) is 23.8. The first-order valence-corrected chi connectivity index (χ1v) is 28.7. The Labute approximate surface area is 415 Å². The van der Waals surface area contributed by atoms with Crippen LogP contribution < -0.4 is 5.32 Å². The lowest BCUT2D eigenvalue weighted by Gasteiger charge is -2.23. The van der Waals surface area contributed by atoms with Crippen molar-refractivity contribution in [3.05, 3.63) is 72.9 Å². The third-order valence-corrected chi connectivity index (χ3v) is 12.8. The van der Waals surface area contributed by atoms with Crippen molar-refractivity contribution in [2.45, 2.75) is 296 Å². The molecule has 0 heterocycles. The summed E-state index contributed by atoms with van der Waals surface area (Å²) in [6, 6.07) is -0.744. The van der Waals surface area contributed by atoms with Crippen molar-refractivity contribution in [3.63, 3.8) is 0 Å². The molecule has 0 aliphatic carbocycles. The maximum absolute atomic E-state index is 13.2. The van der Waals surface area contributed by atoms with Crippen LogP contribution in [0.3, 0.4) is 0 Å². The quantitative estimate of drug-likeness (QED) is 0.0321. The fourth-order valence-electron chi connectivity index (χ4n) is 8.49. The molecule has 6 heteroatoms. The highest BCUT2D eigenvalue weighted by Crippen LogP contribution is 2.17. The van der Waals surface area contributed by atoms with Gasteiger partial charge in [-0.2, -0.15) is 0 Å². The van der Waals surface area contributed by atoms with Crippen LogP contribution in [0, 0.1) is 0 Å². The van der Waals surface area contributed by atoms with Crippen LogP contribution >= 0.6 is 0 Å². The predicted molar refractivity (Wildman–Crippen MR) is 291 cm³/mol. The lowest BCUT2D eigenvalue weighted by Crippen LogP contribution is -2.46. The topological polar surface area (TPSA) is 95.9 Å². The minimum absolute atomic E-state index is 0.0466. The molecule has 0 radical (unpaired) electrons. The molecule has 3 atom stereocenters. The largest absolute Gasteiger partial charge is 0.458 e. The van der Waals surface area contributed by atoms with Gasteiger partial charge in [0.25, 0.3) is 0 Å². The molecule has 1 amide bonds. The van der Waals surface area contributed by atoms with Crippen molar-refractivity contribution in [1.29, 1.82) is 0 Å². The van der Waals surface area contributed by atoms with Gasteiger partial charge >= 0.3 is 5.97 Å². The van der Waals surface area contributed by atoms with Crippen LogP contribution in [-0.4, -0.2) is 46.9 Å². The normalized spacial score (nSPS) is 13.7.